The highest BCUT2D eigenvalue weighted by Gasteiger charge is 2.27. The molecule has 1 aromatic rings. The number of nitrogens with one attached hydrogen (secondary N) is 2. The molecule has 21 heavy (non-hydrogen) atoms. The molecule has 0 bridgehead atoms. The Morgan fingerprint density at radius 2 is 2.10 bits per heavy atom. The Hall–Kier alpha value is -2.89. The molecule has 0 unspecified atom stereocenters. The van der Waals surface area contributed by atoms with Crippen molar-refractivity contribution in [3.8, 4) is 6.07 Å². The molecule has 1 aliphatic carbocycles. The van der Waals surface area contributed by atoms with E-state index in [2.05, 4.69) is 5.32 Å². The molecule has 1 saturated carbocycles. The first kappa shape index (κ1) is 14.5. The predicted molar refractivity (Wildman–Crippen MR) is 70.5 cm³/mol. The summed E-state index contributed by atoms with van der Waals surface area (Å²) in [6, 6.07) is 0.920. The number of hydrogen-bond donors (Lipinski definition) is 2. The third-order valence-corrected chi connectivity index (χ3v) is 3.04. The van der Waals surface area contributed by atoms with Gasteiger partial charge in [-0.1, -0.05) is 0 Å². The molecule has 9 nitrogen and oxygen atoms in total. The van der Waals surface area contributed by atoms with Gasteiger partial charge in [-0.25, -0.2) is 14.2 Å². The van der Waals surface area contributed by atoms with Crippen molar-refractivity contribution in [1.82, 2.24) is 19.8 Å². The van der Waals surface area contributed by atoms with Crippen molar-refractivity contribution in [3.05, 3.63) is 32.6 Å². The summed E-state index contributed by atoms with van der Waals surface area (Å²) in [5, 5.41) is 13.1. The molecular weight excluding hydrogens is 278 g/mol. The molecule has 9 heteroatoms. The van der Waals surface area contributed by atoms with Gasteiger partial charge in [0.25, 0.3) is 5.56 Å². The number of nitrogens with zero attached hydrogens (tertiary/aromatic N) is 3. The van der Waals surface area contributed by atoms with E-state index in [9.17, 15) is 19.2 Å². The smallest absolute Gasteiger partial charge is 0.331 e. The molecule has 0 saturated heterocycles. The zero-order chi connectivity index (χ0) is 15.6. The highest BCUT2D eigenvalue weighted by Crippen LogP contribution is 2.33. The molecule has 0 atom stereocenters. The third-order valence-electron chi connectivity index (χ3n) is 3.04. The number of carbonyl (C=O) groups excluding carboxylic acids is 2. The van der Waals surface area contributed by atoms with Crippen LogP contribution >= 0.6 is 0 Å². The number of rotatable bonds is 3. The van der Waals surface area contributed by atoms with Crippen molar-refractivity contribution < 1.29 is 9.59 Å². The minimum Gasteiger partial charge on any atom is -0.341 e. The predicted octanol–water partition coefficient (Wildman–Crippen LogP) is -1.33. The Kier molecular flexibility index (Phi) is 3.89. The van der Waals surface area contributed by atoms with Crippen LogP contribution in [-0.4, -0.2) is 28.1 Å². The Labute approximate surface area is 118 Å². The molecule has 0 aliphatic heterocycles. The van der Waals surface area contributed by atoms with Gasteiger partial charge in [-0.2, -0.15) is 5.26 Å². The normalized spacial score (nSPS) is 13.3. The second kappa shape index (κ2) is 5.62. The fourth-order valence-electron chi connectivity index (χ4n) is 1.82. The Morgan fingerprint density at radius 1 is 1.43 bits per heavy atom. The summed E-state index contributed by atoms with van der Waals surface area (Å²) in [5.41, 5.74) is -1.71. The van der Waals surface area contributed by atoms with E-state index in [0.717, 1.165) is 12.8 Å². The van der Waals surface area contributed by atoms with Gasteiger partial charge in [0, 0.05) is 19.3 Å². The first-order valence-electron chi connectivity index (χ1n) is 6.25. The standard InChI is InChI=1S/C12H13N5O4/c1-14-11(20)15-9(18)6-17-10(19)7(4-13)5-16(12(17)21)8-2-3-8/h5,8H,2-3,6H2,1H3,(H2,14,15,18,20). The van der Waals surface area contributed by atoms with Crippen LogP contribution in [0.4, 0.5) is 4.79 Å². The van der Waals surface area contributed by atoms with Gasteiger partial charge in [0.05, 0.1) is 0 Å². The van der Waals surface area contributed by atoms with Crippen molar-refractivity contribution in [2.24, 2.45) is 0 Å². The number of hydrogen-bond acceptors (Lipinski definition) is 5. The largest absolute Gasteiger partial charge is 0.341 e. The van der Waals surface area contributed by atoms with Crippen molar-refractivity contribution in [2.45, 2.75) is 25.4 Å². The number of imide groups is 1. The van der Waals surface area contributed by atoms with Crippen molar-refractivity contribution in [3.63, 3.8) is 0 Å². The van der Waals surface area contributed by atoms with Crippen LogP contribution in [0.5, 0.6) is 0 Å². The summed E-state index contributed by atoms with van der Waals surface area (Å²) in [6.45, 7) is -0.618. The van der Waals surface area contributed by atoms with E-state index in [1.54, 1.807) is 6.07 Å². The number of urea groups is 1. The Bertz CT molecular complexity index is 750. The van der Waals surface area contributed by atoms with E-state index < -0.39 is 29.7 Å². The minimum atomic E-state index is -0.841. The Morgan fingerprint density at radius 3 is 2.62 bits per heavy atom. The summed E-state index contributed by atoms with van der Waals surface area (Å²) in [4.78, 5) is 46.8. The average molecular weight is 291 g/mol. The molecular formula is C12H13N5O4. The lowest BCUT2D eigenvalue weighted by molar-refractivity contribution is -0.120. The SMILES string of the molecule is CNC(=O)NC(=O)Cn1c(=O)c(C#N)cn(C2CC2)c1=O. The third kappa shape index (κ3) is 3.00. The Balaban J connectivity index is 2.38. The van der Waals surface area contributed by atoms with Crippen molar-refractivity contribution in [1.29, 1.82) is 5.26 Å². The van der Waals surface area contributed by atoms with Gasteiger partial charge in [0.2, 0.25) is 5.91 Å². The van der Waals surface area contributed by atoms with Crippen LogP contribution in [0.3, 0.4) is 0 Å². The van der Waals surface area contributed by atoms with Crippen LogP contribution in [-0.2, 0) is 11.3 Å². The summed E-state index contributed by atoms with van der Waals surface area (Å²) in [7, 11) is 1.32. The van der Waals surface area contributed by atoms with Crippen LogP contribution in [0, 0.1) is 11.3 Å². The first-order valence-corrected chi connectivity index (χ1v) is 6.25. The summed E-state index contributed by atoms with van der Waals surface area (Å²) in [6.07, 6.45) is 2.79. The van der Waals surface area contributed by atoms with Gasteiger partial charge in [0.1, 0.15) is 18.2 Å². The molecule has 2 N–H and O–H groups in total. The second-order valence-electron chi connectivity index (χ2n) is 4.59. The van der Waals surface area contributed by atoms with Gasteiger partial charge in [0.15, 0.2) is 0 Å². The maximum absolute atomic E-state index is 12.2. The lowest BCUT2D eigenvalue weighted by Gasteiger charge is -2.10. The second-order valence-corrected chi connectivity index (χ2v) is 4.59. The first-order chi connectivity index (χ1) is 9.97. The maximum atomic E-state index is 12.2. The summed E-state index contributed by atoms with van der Waals surface area (Å²) < 4.78 is 1.95. The van der Waals surface area contributed by atoms with Gasteiger partial charge < -0.3 is 5.32 Å². The fourth-order valence-corrected chi connectivity index (χ4v) is 1.82. The van der Waals surface area contributed by atoms with Crippen LogP contribution in [0.2, 0.25) is 0 Å². The van der Waals surface area contributed by atoms with Gasteiger partial charge in [-0.3, -0.25) is 19.5 Å². The molecule has 1 aromatic heterocycles. The average Bonchev–Trinajstić information content (AvgIpc) is 3.28. The monoisotopic (exact) mass is 291 g/mol. The van der Waals surface area contributed by atoms with E-state index >= 15 is 0 Å². The van der Waals surface area contributed by atoms with Crippen LogP contribution in [0.1, 0.15) is 24.4 Å². The summed E-state index contributed by atoms with van der Waals surface area (Å²) >= 11 is 0. The van der Waals surface area contributed by atoms with Crippen molar-refractivity contribution >= 4 is 11.9 Å². The van der Waals surface area contributed by atoms with E-state index in [4.69, 9.17) is 5.26 Å². The lowest BCUT2D eigenvalue weighted by atomic mass is 10.3. The number of nitriles is 1. The molecule has 3 amide bonds. The van der Waals surface area contributed by atoms with Crippen LogP contribution in [0.25, 0.3) is 0 Å². The molecule has 110 valence electrons. The summed E-state index contributed by atoms with van der Waals surface area (Å²) in [5.74, 6) is -0.814. The molecule has 0 aromatic carbocycles. The highest BCUT2D eigenvalue weighted by molar-refractivity contribution is 5.93. The van der Waals surface area contributed by atoms with Crippen molar-refractivity contribution in [2.75, 3.05) is 7.05 Å². The van der Waals surface area contributed by atoms with Crippen LogP contribution in [0.15, 0.2) is 15.8 Å². The number of amides is 3. The lowest BCUT2D eigenvalue weighted by Crippen LogP contribution is -2.46. The quantitative estimate of drug-likeness (QED) is 0.713. The van der Waals surface area contributed by atoms with Gasteiger partial charge in [-0.15, -0.1) is 0 Å². The zero-order valence-corrected chi connectivity index (χ0v) is 11.3. The van der Waals surface area contributed by atoms with Gasteiger partial charge in [-0.05, 0) is 12.8 Å². The van der Waals surface area contributed by atoms with E-state index in [1.165, 1.54) is 17.8 Å². The topological polar surface area (TPSA) is 126 Å². The zero-order valence-electron chi connectivity index (χ0n) is 11.3. The van der Waals surface area contributed by atoms with E-state index in [-0.39, 0.29) is 11.6 Å². The fraction of sp³-hybridized carbons (Fsp3) is 0.417. The molecule has 0 radical (unpaired) electrons. The molecule has 1 heterocycles. The van der Waals surface area contributed by atoms with Crippen LogP contribution < -0.4 is 21.9 Å². The van der Waals surface area contributed by atoms with Gasteiger partial charge >= 0.3 is 11.7 Å². The highest BCUT2D eigenvalue weighted by atomic mass is 16.2. The number of aromatic nitrogens is 2. The molecule has 1 fully saturated rings. The van der Waals surface area contributed by atoms with E-state index in [1.807, 2.05) is 5.32 Å². The molecule has 1 aliphatic rings. The molecule has 0 spiro atoms. The maximum Gasteiger partial charge on any atom is 0.331 e. The number of carbonyl (C=O) groups is 2. The van der Waals surface area contributed by atoms with E-state index in [0.29, 0.717) is 4.57 Å². The molecule has 2 rings (SSSR count). The minimum absolute atomic E-state index is 0.0431.